The van der Waals surface area contributed by atoms with Crippen LogP contribution < -0.4 is 15.4 Å². The smallest absolute Gasteiger partial charge is 0.354 e. The Morgan fingerprint density at radius 1 is 1.21 bits per heavy atom. The first-order valence-corrected chi connectivity index (χ1v) is 8.94. The molecule has 0 atom stereocenters. The lowest BCUT2D eigenvalue weighted by atomic mass is 10.3. The number of halogens is 1. The van der Waals surface area contributed by atoms with Crippen molar-refractivity contribution in [2.24, 2.45) is 0 Å². The van der Waals surface area contributed by atoms with Gasteiger partial charge in [-0.25, -0.2) is 0 Å². The van der Waals surface area contributed by atoms with E-state index >= 15 is 0 Å². The predicted molar refractivity (Wildman–Crippen MR) is 95.2 cm³/mol. The number of carbonyl (C=O) groups is 1. The van der Waals surface area contributed by atoms with Crippen LogP contribution in [0, 0.1) is 0 Å². The molecule has 7 nitrogen and oxygen atoms in total. The lowest BCUT2D eigenvalue weighted by Gasteiger charge is -2.14. The van der Waals surface area contributed by atoms with Crippen molar-refractivity contribution in [3.8, 4) is 0 Å². The van der Waals surface area contributed by atoms with E-state index in [0.717, 1.165) is 0 Å². The molecule has 0 bridgehead atoms. The number of hydrogen-bond acceptors (Lipinski definition) is 5. The van der Waals surface area contributed by atoms with Crippen molar-refractivity contribution in [3.05, 3.63) is 47.7 Å². The minimum Gasteiger partial charge on any atom is -0.354 e. The molecule has 0 fully saturated rings. The fourth-order valence-electron chi connectivity index (χ4n) is 1.81. The van der Waals surface area contributed by atoms with Crippen LogP contribution in [-0.2, 0) is 10.0 Å². The Bertz CT molecular complexity index is 840. The summed E-state index contributed by atoms with van der Waals surface area (Å²) in [5, 5.41) is 4.80. The molecule has 24 heavy (non-hydrogen) atoms. The molecule has 0 unspecified atom stereocenters. The number of benzene rings is 1. The average Bonchev–Trinajstić information content (AvgIpc) is 2.48. The molecule has 0 spiro atoms. The molecule has 2 rings (SSSR count). The van der Waals surface area contributed by atoms with E-state index in [2.05, 4.69) is 20.3 Å². The Kier molecular flexibility index (Phi) is 5.63. The summed E-state index contributed by atoms with van der Waals surface area (Å²) in [5.74, 6) is 0. The van der Waals surface area contributed by atoms with Crippen molar-refractivity contribution in [1.29, 1.82) is 0 Å². The maximum Gasteiger partial charge on any atom is 0.357 e. The predicted octanol–water partition coefficient (Wildman–Crippen LogP) is 3.34. The third-order valence-electron chi connectivity index (χ3n) is 2.82. The molecule has 0 aliphatic heterocycles. The number of nitrogens with one attached hydrogen (secondary N) is 3. The molecule has 0 saturated carbocycles. The van der Waals surface area contributed by atoms with Crippen molar-refractivity contribution in [1.82, 2.24) is 10.3 Å². The van der Waals surface area contributed by atoms with Crippen LogP contribution in [0.4, 0.5) is 21.9 Å². The number of anilines is 3. The van der Waals surface area contributed by atoms with Gasteiger partial charge in [0, 0.05) is 22.9 Å². The molecule has 1 heterocycles. The zero-order chi connectivity index (χ0) is 17.7. The van der Waals surface area contributed by atoms with Gasteiger partial charge in [-0.15, -0.1) is 0 Å². The molecular weight excluding hydrogens is 352 g/mol. The quantitative estimate of drug-likeness (QED) is 0.751. The van der Waals surface area contributed by atoms with Crippen LogP contribution >= 0.6 is 11.6 Å². The Hall–Kier alpha value is -2.32. The Morgan fingerprint density at radius 2 is 1.96 bits per heavy atom. The van der Waals surface area contributed by atoms with Gasteiger partial charge >= 0.3 is 15.3 Å². The van der Waals surface area contributed by atoms with Gasteiger partial charge in [-0.3, -0.25) is 14.5 Å². The van der Waals surface area contributed by atoms with Crippen molar-refractivity contribution >= 4 is 43.9 Å². The summed E-state index contributed by atoms with van der Waals surface area (Å²) in [6.07, 6.45) is 2.81. The summed E-state index contributed by atoms with van der Waals surface area (Å²) < 4.78 is 26.4. The van der Waals surface area contributed by atoms with Crippen LogP contribution in [-0.4, -0.2) is 24.7 Å². The first-order valence-electron chi connectivity index (χ1n) is 7.08. The number of amides is 1. The number of carbonyl (C=O) groups excluding carboxylic acids is 1. The molecule has 2 aromatic rings. The first kappa shape index (κ1) is 18.0. The van der Waals surface area contributed by atoms with Gasteiger partial charge in [0.15, 0.2) is 0 Å². The number of hydrogen-bond donors (Lipinski definition) is 3. The standard InChI is InChI=1S/C15H17ClN4O3S/c1-10(2)18-15(21)24(22,23)20-14-9-17-7-6-13(14)19-12-5-3-4-11(16)8-12/h3-10,20H,1-2H3,(H,17,19)(H,18,21). The van der Waals surface area contributed by atoms with E-state index in [-0.39, 0.29) is 11.7 Å². The monoisotopic (exact) mass is 368 g/mol. The van der Waals surface area contributed by atoms with Gasteiger partial charge in [0.2, 0.25) is 0 Å². The van der Waals surface area contributed by atoms with Gasteiger partial charge in [0.05, 0.1) is 17.6 Å². The molecule has 1 amide bonds. The highest BCUT2D eigenvalue weighted by Gasteiger charge is 2.23. The van der Waals surface area contributed by atoms with E-state index in [1.807, 2.05) is 0 Å². The van der Waals surface area contributed by atoms with Crippen LogP contribution in [0.5, 0.6) is 0 Å². The Morgan fingerprint density at radius 3 is 2.62 bits per heavy atom. The molecule has 3 N–H and O–H groups in total. The molecule has 0 saturated heterocycles. The van der Waals surface area contributed by atoms with Gasteiger partial charge in [-0.2, -0.15) is 8.42 Å². The van der Waals surface area contributed by atoms with E-state index in [9.17, 15) is 13.2 Å². The van der Waals surface area contributed by atoms with Gasteiger partial charge in [0.1, 0.15) is 0 Å². The van der Waals surface area contributed by atoms with E-state index in [1.165, 1.54) is 12.4 Å². The number of aromatic nitrogens is 1. The minimum atomic E-state index is -4.24. The Balaban J connectivity index is 2.24. The fraction of sp³-hybridized carbons (Fsp3) is 0.200. The third-order valence-corrected chi connectivity index (χ3v) is 4.15. The lowest BCUT2D eigenvalue weighted by Crippen LogP contribution is -2.37. The largest absolute Gasteiger partial charge is 0.357 e. The summed E-state index contributed by atoms with van der Waals surface area (Å²) in [4.78, 5) is 15.7. The highest BCUT2D eigenvalue weighted by Crippen LogP contribution is 2.26. The molecule has 9 heteroatoms. The highest BCUT2D eigenvalue weighted by molar-refractivity contribution is 8.07. The second-order valence-electron chi connectivity index (χ2n) is 5.25. The topological polar surface area (TPSA) is 100 Å². The molecule has 0 aliphatic carbocycles. The maximum atomic E-state index is 12.1. The molecule has 1 aromatic heterocycles. The van der Waals surface area contributed by atoms with Crippen LogP contribution in [0.1, 0.15) is 13.8 Å². The lowest BCUT2D eigenvalue weighted by molar-refractivity contribution is 0.256. The molecule has 0 aliphatic rings. The van der Waals surface area contributed by atoms with Crippen molar-refractivity contribution in [3.63, 3.8) is 0 Å². The SMILES string of the molecule is CC(C)NC(=O)S(=O)(=O)Nc1cnccc1Nc1cccc(Cl)c1. The summed E-state index contributed by atoms with van der Waals surface area (Å²) in [5.41, 5.74) is 1.25. The van der Waals surface area contributed by atoms with Crippen molar-refractivity contribution < 1.29 is 13.2 Å². The molecular formula is C15H17ClN4O3S. The second-order valence-corrected chi connectivity index (χ2v) is 7.27. The fourth-order valence-corrected chi connectivity index (χ4v) is 2.94. The average molecular weight is 369 g/mol. The van der Waals surface area contributed by atoms with Gasteiger partial charge in [-0.05, 0) is 38.1 Å². The van der Waals surface area contributed by atoms with Gasteiger partial charge in [0.25, 0.3) is 0 Å². The van der Waals surface area contributed by atoms with E-state index in [4.69, 9.17) is 11.6 Å². The van der Waals surface area contributed by atoms with Gasteiger partial charge in [-0.1, -0.05) is 17.7 Å². The summed E-state index contributed by atoms with van der Waals surface area (Å²) in [6, 6.07) is 8.22. The highest BCUT2D eigenvalue weighted by atomic mass is 35.5. The first-order chi connectivity index (χ1) is 11.3. The van der Waals surface area contributed by atoms with Crippen LogP contribution in [0.2, 0.25) is 5.02 Å². The van der Waals surface area contributed by atoms with E-state index < -0.39 is 15.3 Å². The minimum absolute atomic E-state index is 0.149. The maximum absolute atomic E-state index is 12.1. The van der Waals surface area contributed by atoms with Crippen molar-refractivity contribution in [2.45, 2.75) is 19.9 Å². The zero-order valence-electron chi connectivity index (χ0n) is 13.1. The number of nitrogens with zero attached hydrogens (tertiary/aromatic N) is 1. The molecule has 1 aromatic carbocycles. The number of pyridine rings is 1. The number of sulfonamides is 1. The zero-order valence-corrected chi connectivity index (χ0v) is 14.6. The van der Waals surface area contributed by atoms with Gasteiger partial charge < -0.3 is 10.6 Å². The molecule has 0 radical (unpaired) electrons. The second kappa shape index (κ2) is 7.50. The summed E-state index contributed by atoms with van der Waals surface area (Å²) in [6.45, 7) is 3.34. The summed E-state index contributed by atoms with van der Waals surface area (Å²) in [7, 11) is -4.24. The third kappa shape index (κ3) is 4.84. The van der Waals surface area contributed by atoms with Crippen LogP contribution in [0.25, 0.3) is 0 Å². The number of rotatable bonds is 5. The normalized spacial score (nSPS) is 11.2. The Labute approximate surface area is 145 Å². The van der Waals surface area contributed by atoms with Crippen LogP contribution in [0.3, 0.4) is 0 Å². The molecule has 128 valence electrons. The summed E-state index contributed by atoms with van der Waals surface area (Å²) >= 11 is 5.93. The van der Waals surface area contributed by atoms with Crippen molar-refractivity contribution in [2.75, 3.05) is 10.0 Å². The van der Waals surface area contributed by atoms with E-state index in [0.29, 0.717) is 16.4 Å². The van der Waals surface area contributed by atoms with Crippen LogP contribution in [0.15, 0.2) is 42.7 Å². The van der Waals surface area contributed by atoms with E-state index in [1.54, 1.807) is 44.2 Å².